The molecule has 0 saturated heterocycles. The zero-order chi connectivity index (χ0) is 30.7. The predicted octanol–water partition coefficient (Wildman–Crippen LogP) is 7.06. The number of nitrogens with zero attached hydrogens (tertiary/aromatic N) is 4. The van der Waals surface area contributed by atoms with Gasteiger partial charge in [-0.1, -0.05) is 24.3 Å². The third-order valence-electron chi connectivity index (χ3n) is 6.31. The number of rotatable bonds is 8. The van der Waals surface area contributed by atoms with Crippen molar-refractivity contribution in [1.82, 2.24) is 9.66 Å². The van der Waals surface area contributed by atoms with E-state index in [4.69, 9.17) is 9.47 Å². The molecule has 0 aliphatic heterocycles. The summed E-state index contributed by atoms with van der Waals surface area (Å²) in [6, 6.07) is 20.4. The summed E-state index contributed by atoms with van der Waals surface area (Å²) < 4.78 is 53.4. The van der Waals surface area contributed by atoms with Gasteiger partial charge < -0.3 is 9.47 Å². The van der Waals surface area contributed by atoms with E-state index in [9.17, 15) is 28.1 Å². The summed E-state index contributed by atoms with van der Waals surface area (Å²) >= 11 is 2.05. The van der Waals surface area contributed by atoms with Gasteiger partial charge in [0, 0.05) is 17.7 Å². The lowest BCUT2D eigenvalue weighted by molar-refractivity contribution is -0.384. The minimum atomic E-state index is -4.59. The topological polar surface area (TPSA) is 109 Å². The average molecular weight is 700 g/mol. The molecule has 13 heteroatoms. The number of fused-ring (bicyclic) bond motifs is 1. The van der Waals surface area contributed by atoms with Crippen LogP contribution in [0.2, 0.25) is 0 Å². The van der Waals surface area contributed by atoms with Gasteiger partial charge in [0.1, 0.15) is 6.61 Å². The van der Waals surface area contributed by atoms with Crippen LogP contribution in [-0.2, 0) is 12.8 Å². The molecule has 5 aromatic rings. The molecule has 0 N–H and O–H groups in total. The van der Waals surface area contributed by atoms with Crippen LogP contribution in [0.5, 0.6) is 11.5 Å². The van der Waals surface area contributed by atoms with Crippen molar-refractivity contribution in [2.24, 2.45) is 5.10 Å². The summed E-state index contributed by atoms with van der Waals surface area (Å²) in [5, 5.41) is 15.5. The Hall–Kier alpha value is -4.79. The summed E-state index contributed by atoms with van der Waals surface area (Å²) in [7, 11) is 1.45. The van der Waals surface area contributed by atoms with Crippen LogP contribution in [0.4, 0.5) is 18.9 Å². The number of hydrogen-bond donors (Lipinski definition) is 0. The van der Waals surface area contributed by atoms with Crippen molar-refractivity contribution in [2.75, 3.05) is 7.11 Å². The minimum Gasteiger partial charge on any atom is -0.493 e. The fourth-order valence-corrected chi connectivity index (χ4v) is 4.98. The molecule has 0 aliphatic rings. The molecule has 5 rings (SSSR count). The van der Waals surface area contributed by atoms with Crippen LogP contribution < -0.4 is 15.0 Å². The summed E-state index contributed by atoms with van der Waals surface area (Å²) in [5.74, 6) is 0.723. The molecule has 0 spiro atoms. The maximum atomic E-state index is 13.5. The number of ether oxygens (including phenoxy) is 2. The Bertz CT molecular complexity index is 1930. The van der Waals surface area contributed by atoms with Crippen LogP contribution in [0.25, 0.3) is 22.3 Å². The Morgan fingerprint density at radius 2 is 1.79 bits per heavy atom. The predicted molar refractivity (Wildman–Crippen MR) is 163 cm³/mol. The Morgan fingerprint density at radius 3 is 2.49 bits per heavy atom. The molecule has 4 aromatic carbocycles. The van der Waals surface area contributed by atoms with E-state index in [1.165, 1.54) is 37.6 Å². The van der Waals surface area contributed by atoms with Gasteiger partial charge in [-0.15, -0.1) is 0 Å². The lowest BCUT2D eigenvalue weighted by atomic mass is 10.1. The van der Waals surface area contributed by atoms with Crippen LogP contribution >= 0.6 is 22.6 Å². The van der Waals surface area contributed by atoms with E-state index >= 15 is 0 Å². The first-order chi connectivity index (χ1) is 20.5. The number of nitro benzene ring substituents is 1. The fraction of sp³-hybridized carbons (Fsp3) is 0.100. The highest BCUT2D eigenvalue weighted by molar-refractivity contribution is 14.1. The number of benzene rings is 4. The van der Waals surface area contributed by atoms with Gasteiger partial charge >= 0.3 is 6.18 Å². The number of methoxy groups -OCH3 is 1. The van der Waals surface area contributed by atoms with Gasteiger partial charge in [0.15, 0.2) is 17.3 Å². The molecule has 0 aliphatic carbocycles. The summed E-state index contributed by atoms with van der Waals surface area (Å²) in [6.45, 7) is 0.121. The molecular formula is C30H20F3IN4O5. The number of para-hydroxylation sites is 1. The smallest absolute Gasteiger partial charge is 0.416 e. The molecule has 1 heterocycles. The zero-order valence-electron chi connectivity index (χ0n) is 22.2. The van der Waals surface area contributed by atoms with Crippen LogP contribution in [0, 0.1) is 13.7 Å². The number of non-ortho nitro benzene ring substituents is 1. The molecule has 0 radical (unpaired) electrons. The molecule has 1 aromatic heterocycles. The fourth-order valence-electron chi connectivity index (χ4n) is 4.20. The first-order valence-electron chi connectivity index (χ1n) is 12.5. The molecule has 0 atom stereocenters. The van der Waals surface area contributed by atoms with Crippen molar-refractivity contribution < 1.29 is 27.6 Å². The molecule has 0 saturated carbocycles. The number of nitro groups is 1. The van der Waals surface area contributed by atoms with Gasteiger partial charge in [-0.2, -0.15) is 22.9 Å². The lowest BCUT2D eigenvalue weighted by Crippen LogP contribution is -2.20. The minimum absolute atomic E-state index is 0.0310. The van der Waals surface area contributed by atoms with E-state index in [1.54, 1.807) is 48.5 Å². The highest BCUT2D eigenvalue weighted by Crippen LogP contribution is 2.35. The van der Waals surface area contributed by atoms with Crippen molar-refractivity contribution in [3.05, 3.63) is 126 Å². The SMILES string of the molecule is COc1cc(C=Nn2c(-c3cccc(C(F)(F)F)c3)nc3ccccc3c2=O)cc(I)c1OCc1ccc([N+](=O)[O-])cc1. The monoisotopic (exact) mass is 700 g/mol. The van der Waals surface area contributed by atoms with E-state index < -0.39 is 22.2 Å². The Kier molecular flexibility index (Phi) is 8.43. The van der Waals surface area contributed by atoms with Crippen molar-refractivity contribution in [2.45, 2.75) is 12.8 Å². The standard InChI is InChI=1S/C30H20F3IN4O5/c1-42-26-14-19(13-24(34)27(26)43-17-18-9-11-22(12-10-18)38(40)41)16-35-37-28(20-5-4-6-21(15-20)30(31,32)33)36-25-8-3-2-7-23(25)29(37)39/h2-16H,17H2,1H3. The van der Waals surface area contributed by atoms with Crippen LogP contribution in [0.3, 0.4) is 0 Å². The highest BCUT2D eigenvalue weighted by atomic mass is 127. The van der Waals surface area contributed by atoms with E-state index in [1.807, 2.05) is 22.6 Å². The first-order valence-corrected chi connectivity index (χ1v) is 13.6. The second-order valence-electron chi connectivity index (χ2n) is 9.14. The van der Waals surface area contributed by atoms with E-state index in [-0.39, 0.29) is 29.1 Å². The maximum absolute atomic E-state index is 13.5. The number of hydrogen-bond acceptors (Lipinski definition) is 7. The van der Waals surface area contributed by atoms with Gasteiger partial charge in [0.05, 0.1) is 38.3 Å². The van der Waals surface area contributed by atoms with Crippen LogP contribution in [0.1, 0.15) is 16.7 Å². The second kappa shape index (κ2) is 12.2. The molecule has 0 fully saturated rings. The number of aromatic nitrogens is 2. The zero-order valence-corrected chi connectivity index (χ0v) is 24.4. The third kappa shape index (κ3) is 6.51. The van der Waals surface area contributed by atoms with Gasteiger partial charge in [-0.25, -0.2) is 4.98 Å². The summed E-state index contributed by atoms with van der Waals surface area (Å²) in [5.41, 5.74) is 0.134. The number of halogens is 4. The number of alkyl halides is 3. The van der Waals surface area contributed by atoms with Gasteiger partial charge in [0.25, 0.3) is 11.2 Å². The van der Waals surface area contributed by atoms with Crippen LogP contribution in [0.15, 0.2) is 94.8 Å². The highest BCUT2D eigenvalue weighted by Gasteiger charge is 2.31. The largest absolute Gasteiger partial charge is 0.493 e. The van der Waals surface area contributed by atoms with Crippen molar-refractivity contribution in [3.8, 4) is 22.9 Å². The summed E-state index contributed by atoms with van der Waals surface area (Å²) in [6.07, 6.45) is -3.21. The molecule has 0 unspecified atom stereocenters. The second-order valence-corrected chi connectivity index (χ2v) is 10.3. The van der Waals surface area contributed by atoms with E-state index in [2.05, 4.69) is 10.1 Å². The van der Waals surface area contributed by atoms with Gasteiger partial charge in [-0.3, -0.25) is 14.9 Å². The third-order valence-corrected chi connectivity index (χ3v) is 7.11. The summed E-state index contributed by atoms with van der Waals surface area (Å²) in [4.78, 5) is 28.3. The van der Waals surface area contributed by atoms with E-state index in [0.717, 1.165) is 16.8 Å². The Balaban J connectivity index is 1.51. The Morgan fingerprint density at radius 1 is 1.05 bits per heavy atom. The Labute approximate surface area is 255 Å². The molecule has 9 nitrogen and oxygen atoms in total. The van der Waals surface area contributed by atoms with Crippen LogP contribution in [-0.4, -0.2) is 27.9 Å². The average Bonchev–Trinajstić information content (AvgIpc) is 2.99. The quantitative estimate of drug-likeness (QED) is 0.0742. The van der Waals surface area contributed by atoms with E-state index in [0.29, 0.717) is 31.7 Å². The molecule has 218 valence electrons. The normalized spacial score (nSPS) is 11.7. The maximum Gasteiger partial charge on any atom is 0.416 e. The van der Waals surface area contributed by atoms with Gasteiger partial charge in [-0.05, 0) is 82.2 Å². The molecule has 0 amide bonds. The van der Waals surface area contributed by atoms with Crippen molar-refractivity contribution >= 4 is 45.4 Å². The molecule has 0 bridgehead atoms. The van der Waals surface area contributed by atoms with Gasteiger partial charge in [0.2, 0.25) is 0 Å². The lowest BCUT2D eigenvalue weighted by Gasteiger charge is -2.14. The molecular weight excluding hydrogens is 680 g/mol. The molecule has 43 heavy (non-hydrogen) atoms. The van der Waals surface area contributed by atoms with Crippen molar-refractivity contribution in [1.29, 1.82) is 0 Å². The van der Waals surface area contributed by atoms with Crippen molar-refractivity contribution in [3.63, 3.8) is 0 Å². The first kappa shape index (κ1) is 29.7.